The van der Waals surface area contributed by atoms with Crippen LogP contribution in [-0.4, -0.2) is 36.0 Å². The Bertz CT molecular complexity index is 1590. The highest BCUT2D eigenvalue weighted by Crippen LogP contribution is 2.27. The Morgan fingerprint density at radius 3 is 2.59 bits per heavy atom. The number of carbonyl (C=O) groups is 1. The molecule has 0 fully saturated rings. The van der Waals surface area contributed by atoms with Crippen molar-refractivity contribution in [2.24, 2.45) is 0 Å². The van der Waals surface area contributed by atoms with Crippen molar-refractivity contribution < 1.29 is 13.2 Å². The maximum atomic E-state index is 13.1. The summed E-state index contributed by atoms with van der Waals surface area (Å²) < 4.78 is 28.7. The first-order chi connectivity index (χ1) is 16.1. The van der Waals surface area contributed by atoms with Crippen LogP contribution < -0.4 is 20.9 Å². The molecule has 0 unspecified atom stereocenters. The molecule has 3 heterocycles. The second-order valence-electron chi connectivity index (χ2n) is 6.92. The fourth-order valence-corrected chi connectivity index (χ4v) is 6.07. The number of carbonyl (C=O) groups excluding carboxylic acids is 1. The Morgan fingerprint density at radius 2 is 1.97 bits per heavy atom. The Morgan fingerprint density at radius 1 is 1.21 bits per heavy atom. The number of anilines is 2. The lowest BCUT2D eigenvalue weighted by molar-refractivity contribution is 0.256. The van der Waals surface area contributed by atoms with Gasteiger partial charge in [-0.3, -0.25) is 4.79 Å². The average molecular weight is 584 g/mol. The molecule has 0 saturated carbocycles. The van der Waals surface area contributed by atoms with E-state index in [1.807, 2.05) is 4.72 Å². The van der Waals surface area contributed by atoms with Crippen LogP contribution in [0.4, 0.5) is 16.2 Å². The summed E-state index contributed by atoms with van der Waals surface area (Å²) in [5.74, 6) is 0.714. The number of hydrogen-bond acceptors (Lipinski definition) is 8. The zero-order chi connectivity index (χ0) is 24.6. The van der Waals surface area contributed by atoms with E-state index >= 15 is 0 Å². The normalized spacial score (nSPS) is 11.4. The van der Waals surface area contributed by atoms with E-state index in [1.165, 1.54) is 35.0 Å². The monoisotopic (exact) mass is 582 g/mol. The maximum Gasteiger partial charge on any atom is 0.333 e. The smallest absolute Gasteiger partial charge is 0.333 e. The number of aryl methyl sites for hydroxylation is 1. The number of hydrogen-bond donors (Lipinski definition) is 3. The second-order valence-corrected chi connectivity index (χ2v) is 11.4. The van der Waals surface area contributed by atoms with E-state index < -0.39 is 16.1 Å². The summed E-state index contributed by atoms with van der Waals surface area (Å²) >= 11 is 10.0. The van der Waals surface area contributed by atoms with Crippen molar-refractivity contribution in [2.75, 3.05) is 17.7 Å². The van der Waals surface area contributed by atoms with Crippen molar-refractivity contribution in [1.29, 1.82) is 0 Å². The van der Waals surface area contributed by atoms with Crippen LogP contribution in [0.3, 0.4) is 0 Å². The van der Waals surface area contributed by atoms with Gasteiger partial charge in [-0.15, -0.1) is 11.3 Å². The number of sulfonamides is 1. The molecule has 3 aromatic heterocycles. The van der Waals surface area contributed by atoms with Crippen LogP contribution in [0, 0.1) is 6.92 Å². The highest BCUT2D eigenvalue weighted by atomic mass is 79.9. The Kier molecular flexibility index (Phi) is 6.62. The minimum atomic E-state index is -4.06. The standard InChI is InChI=1S/C20H16BrClN6O4S2/c1-10-25-14-8-15(23-2)13(21)7-12(14)19(29)28(10)17-5-3-11(9-24-17)26-20(30)27-34(31,32)18-6-4-16(22)33-18/h3-9,23H,1-2H3,(H2,26,27,30). The summed E-state index contributed by atoms with van der Waals surface area (Å²) in [7, 11) is -2.29. The number of halogens is 2. The molecule has 0 saturated heterocycles. The molecule has 34 heavy (non-hydrogen) atoms. The average Bonchev–Trinajstić information content (AvgIpc) is 3.22. The molecule has 3 N–H and O–H groups in total. The molecule has 0 aliphatic rings. The van der Waals surface area contributed by atoms with E-state index in [1.54, 1.807) is 26.1 Å². The topological polar surface area (TPSA) is 135 Å². The summed E-state index contributed by atoms with van der Waals surface area (Å²) in [6, 6.07) is 8.22. The van der Waals surface area contributed by atoms with E-state index in [-0.39, 0.29) is 25.6 Å². The molecule has 4 aromatic rings. The minimum absolute atomic E-state index is 0.0896. The zero-order valence-corrected chi connectivity index (χ0v) is 21.6. The number of rotatable bonds is 5. The molecule has 0 atom stereocenters. The molecule has 14 heteroatoms. The van der Waals surface area contributed by atoms with Crippen LogP contribution in [0.15, 0.2) is 56.1 Å². The SMILES string of the molecule is CNc1cc2nc(C)n(-c3ccc(NC(=O)NS(=O)(=O)c4ccc(Cl)s4)cn3)c(=O)c2cc1Br. The predicted octanol–water partition coefficient (Wildman–Crippen LogP) is 4.12. The van der Waals surface area contributed by atoms with Gasteiger partial charge in [0.05, 0.1) is 32.8 Å². The third kappa shape index (κ3) is 4.78. The van der Waals surface area contributed by atoms with Crippen molar-refractivity contribution in [3.63, 3.8) is 0 Å². The van der Waals surface area contributed by atoms with Crippen molar-refractivity contribution in [2.45, 2.75) is 11.1 Å². The third-order valence-electron chi connectivity index (χ3n) is 4.67. The molecule has 10 nitrogen and oxygen atoms in total. The van der Waals surface area contributed by atoms with Crippen molar-refractivity contribution in [1.82, 2.24) is 19.3 Å². The zero-order valence-electron chi connectivity index (χ0n) is 17.6. The Hall–Kier alpha value is -3.00. The van der Waals surface area contributed by atoms with Gasteiger partial charge in [0.2, 0.25) is 0 Å². The van der Waals surface area contributed by atoms with E-state index in [0.717, 1.165) is 21.5 Å². The Balaban J connectivity index is 1.58. The molecule has 0 aliphatic heterocycles. The molecule has 0 spiro atoms. The summed E-state index contributed by atoms with van der Waals surface area (Å²) in [5, 5.41) is 5.83. The number of pyridine rings is 1. The molecule has 0 radical (unpaired) electrons. The second kappa shape index (κ2) is 9.33. The van der Waals surface area contributed by atoms with Gasteiger partial charge in [-0.1, -0.05) is 11.6 Å². The lowest BCUT2D eigenvalue weighted by atomic mass is 10.2. The quantitative estimate of drug-likeness (QED) is 0.322. The first-order valence-corrected chi connectivity index (χ1v) is 13.0. The van der Waals surface area contributed by atoms with Gasteiger partial charge in [-0.05, 0) is 59.3 Å². The number of fused-ring (bicyclic) bond motifs is 1. The van der Waals surface area contributed by atoms with Crippen molar-refractivity contribution in [3.05, 3.63) is 67.6 Å². The number of urea groups is 1. The fourth-order valence-electron chi connectivity index (χ4n) is 3.14. The molecule has 0 aliphatic carbocycles. The molecular weight excluding hydrogens is 568 g/mol. The summed E-state index contributed by atoms with van der Waals surface area (Å²) in [6.07, 6.45) is 1.31. The lowest BCUT2D eigenvalue weighted by Crippen LogP contribution is -2.34. The predicted molar refractivity (Wildman–Crippen MR) is 136 cm³/mol. The highest BCUT2D eigenvalue weighted by Gasteiger charge is 2.20. The number of nitrogens with zero attached hydrogens (tertiary/aromatic N) is 3. The molecule has 176 valence electrons. The minimum Gasteiger partial charge on any atom is -0.387 e. The summed E-state index contributed by atoms with van der Waals surface area (Å²) in [6.45, 7) is 1.69. The van der Waals surface area contributed by atoms with Gasteiger partial charge in [-0.2, -0.15) is 0 Å². The number of thiophene rings is 1. The van der Waals surface area contributed by atoms with Gasteiger partial charge in [0, 0.05) is 11.5 Å². The van der Waals surface area contributed by atoms with E-state index in [4.69, 9.17) is 11.6 Å². The summed E-state index contributed by atoms with van der Waals surface area (Å²) in [4.78, 5) is 34.1. The van der Waals surface area contributed by atoms with E-state index in [2.05, 4.69) is 36.5 Å². The molecular formula is C20H16BrClN6O4S2. The number of amides is 2. The van der Waals surface area contributed by atoms with Crippen molar-refractivity contribution in [3.8, 4) is 5.82 Å². The van der Waals surface area contributed by atoms with Gasteiger partial charge in [0.1, 0.15) is 15.9 Å². The highest BCUT2D eigenvalue weighted by molar-refractivity contribution is 9.10. The molecule has 0 bridgehead atoms. The van der Waals surface area contributed by atoms with Gasteiger partial charge in [0.15, 0.2) is 0 Å². The van der Waals surface area contributed by atoms with Gasteiger partial charge in [0.25, 0.3) is 15.6 Å². The van der Waals surface area contributed by atoms with E-state index in [0.29, 0.717) is 16.7 Å². The van der Waals surface area contributed by atoms with Crippen LogP contribution in [0.1, 0.15) is 5.82 Å². The maximum absolute atomic E-state index is 13.1. The van der Waals surface area contributed by atoms with Gasteiger partial charge in [-0.25, -0.2) is 32.5 Å². The van der Waals surface area contributed by atoms with Crippen molar-refractivity contribution >= 4 is 77.2 Å². The van der Waals surface area contributed by atoms with Crippen LogP contribution in [-0.2, 0) is 10.0 Å². The van der Waals surface area contributed by atoms with Crippen LogP contribution in [0.25, 0.3) is 16.7 Å². The molecule has 1 aromatic carbocycles. The lowest BCUT2D eigenvalue weighted by Gasteiger charge is -2.12. The van der Waals surface area contributed by atoms with Gasteiger partial charge >= 0.3 is 6.03 Å². The first kappa shape index (κ1) is 24.1. The van der Waals surface area contributed by atoms with E-state index in [9.17, 15) is 18.0 Å². The fraction of sp³-hybridized carbons (Fsp3) is 0.100. The van der Waals surface area contributed by atoms with Crippen LogP contribution in [0.2, 0.25) is 4.34 Å². The Labute approximate surface area is 211 Å². The largest absolute Gasteiger partial charge is 0.387 e. The first-order valence-electron chi connectivity index (χ1n) is 9.55. The molecule has 2 amide bonds. The number of aromatic nitrogens is 3. The third-order valence-corrected chi connectivity index (χ3v) is 8.38. The van der Waals surface area contributed by atoms with Crippen LogP contribution in [0.5, 0.6) is 0 Å². The molecule has 4 rings (SSSR count). The van der Waals surface area contributed by atoms with Gasteiger partial charge < -0.3 is 10.6 Å². The number of nitrogens with one attached hydrogen (secondary N) is 3. The number of benzene rings is 1. The van der Waals surface area contributed by atoms with Crippen LogP contribution >= 0.6 is 38.9 Å². The summed E-state index contributed by atoms with van der Waals surface area (Å²) in [5.41, 5.74) is 1.25.